The van der Waals surface area contributed by atoms with Gasteiger partial charge in [-0.05, 0) is 47.1 Å². The number of ether oxygens (including phenoxy) is 2. The molecule has 0 aliphatic carbocycles. The van der Waals surface area contributed by atoms with Gasteiger partial charge < -0.3 is 15.2 Å². The van der Waals surface area contributed by atoms with Crippen molar-refractivity contribution in [3.05, 3.63) is 34.4 Å². The molecule has 0 aliphatic rings. The zero-order valence-electron chi connectivity index (χ0n) is 11.4. The van der Waals surface area contributed by atoms with E-state index >= 15 is 0 Å². The van der Waals surface area contributed by atoms with Crippen molar-refractivity contribution in [3.63, 3.8) is 0 Å². The highest BCUT2D eigenvalue weighted by molar-refractivity contribution is 9.10. The number of aromatic nitrogens is 2. The number of benzene rings is 1. The largest absolute Gasteiger partial charge is 0.494 e. The molecule has 106 valence electrons. The lowest BCUT2D eigenvalue weighted by Crippen LogP contribution is -2.03. The lowest BCUT2D eigenvalue weighted by Gasteiger charge is -2.09. The quantitative estimate of drug-likeness (QED) is 0.907. The van der Waals surface area contributed by atoms with Crippen molar-refractivity contribution in [2.24, 2.45) is 0 Å². The fraction of sp³-hybridized carbons (Fsp3) is 0.286. The van der Waals surface area contributed by atoms with Crippen LogP contribution in [0.2, 0.25) is 0 Å². The summed E-state index contributed by atoms with van der Waals surface area (Å²) in [4.78, 5) is 8.75. The molecule has 6 heteroatoms. The number of anilines is 1. The SMILES string of the molecule is CCOc1ccc(-c2nc(N)c(Br)c(COC)n2)cc1. The third-order valence-corrected chi connectivity index (χ3v) is 3.51. The first-order valence-electron chi connectivity index (χ1n) is 6.19. The Bertz CT molecular complexity index is 588. The Kier molecular flexibility index (Phi) is 4.92. The summed E-state index contributed by atoms with van der Waals surface area (Å²) in [6.07, 6.45) is 0. The molecular weight excluding hydrogens is 322 g/mol. The Morgan fingerprint density at radius 3 is 2.50 bits per heavy atom. The molecule has 2 N–H and O–H groups in total. The van der Waals surface area contributed by atoms with Crippen molar-refractivity contribution in [3.8, 4) is 17.1 Å². The summed E-state index contributed by atoms with van der Waals surface area (Å²) in [5.41, 5.74) is 7.49. The van der Waals surface area contributed by atoms with E-state index in [0.29, 0.717) is 29.3 Å². The van der Waals surface area contributed by atoms with E-state index in [0.717, 1.165) is 17.0 Å². The van der Waals surface area contributed by atoms with Crippen molar-refractivity contribution in [2.75, 3.05) is 19.5 Å². The fourth-order valence-corrected chi connectivity index (χ4v) is 2.03. The van der Waals surface area contributed by atoms with Crippen molar-refractivity contribution >= 4 is 21.7 Å². The number of hydrogen-bond donors (Lipinski definition) is 1. The maximum Gasteiger partial charge on any atom is 0.161 e. The van der Waals surface area contributed by atoms with Gasteiger partial charge in [0.1, 0.15) is 11.6 Å². The van der Waals surface area contributed by atoms with Crippen molar-refractivity contribution in [2.45, 2.75) is 13.5 Å². The van der Waals surface area contributed by atoms with Gasteiger partial charge in [-0.15, -0.1) is 0 Å². The first-order valence-corrected chi connectivity index (χ1v) is 6.99. The van der Waals surface area contributed by atoms with Crippen LogP contribution >= 0.6 is 15.9 Å². The van der Waals surface area contributed by atoms with E-state index in [1.807, 2.05) is 31.2 Å². The molecule has 1 heterocycles. The van der Waals surface area contributed by atoms with Crippen LogP contribution in [0.25, 0.3) is 11.4 Å². The van der Waals surface area contributed by atoms with Gasteiger partial charge in [0.2, 0.25) is 0 Å². The molecule has 1 aromatic heterocycles. The average molecular weight is 338 g/mol. The first-order chi connectivity index (χ1) is 9.65. The van der Waals surface area contributed by atoms with Gasteiger partial charge in [0.15, 0.2) is 5.82 Å². The van der Waals surface area contributed by atoms with Crippen LogP contribution in [0.5, 0.6) is 5.75 Å². The van der Waals surface area contributed by atoms with E-state index < -0.39 is 0 Å². The molecule has 1 aromatic carbocycles. The van der Waals surface area contributed by atoms with E-state index in [1.54, 1.807) is 7.11 Å². The van der Waals surface area contributed by atoms with E-state index in [9.17, 15) is 0 Å². The van der Waals surface area contributed by atoms with Gasteiger partial charge >= 0.3 is 0 Å². The molecule has 0 unspecified atom stereocenters. The standard InChI is InChI=1S/C14H16BrN3O2/c1-3-20-10-6-4-9(5-7-10)14-17-11(8-19-2)12(15)13(16)18-14/h4-7H,3,8H2,1-2H3,(H2,16,17,18). The molecule has 2 aromatic rings. The predicted octanol–water partition coefficient (Wildman–Crippen LogP) is 3.03. The lowest BCUT2D eigenvalue weighted by atomic mass is 10.2. The van der Waals surface area contributed by atoms with Crippen LogP contribution < -0.4 is 10.5 Å². The molecule has 0 radical (unpaired) electrons. The van der Waals surface area contributed by atoms with Gasteiger partial charge in [-0.25, -0.2) is 9.97 Å². The van der Waals surface area contributed by atoms with Gasteiger partial charge in [-0.1, -0.05) is 0 Å². The molecule has 0 saturated heterocycles. The van der Waals surface area contributed by atoms with Crippen LogP contribution in [0.1, 0.15) is 12.6 Å². The predicted molar refractivity (Wildman–Crippen MR) is 81.5 cm³/mol. The van der Waals surface area contributed by atoms with Crippen LogP contribution in [0.3, 0.4) is 0 Å². The highest BCUT2D eigenvalue weighted by Crippen LogP contribution is 2.26. The Morgan fingerprint density at radius 1 is 1.20 bits per heavy atom. The van der Waals surface area contributed by atoms with Gasteiger partial charge in [0.25, 0.3) is 0 Å². The van der Waals surface area contributed by atoms with Crippen LogP contribution in [0, 0.1) is 0 Å². The first kappa shape index (κ1) is 14.7. The summed E-state index contributed by atoms with van der Waals surface area (Å²) in [6, 6.07) is 7.58. The molecule has 2 rings (SSSR count). The zero-order chi connectivity index (χ0) is 14.5. The minimum atomic E-state index is 0.372. The number of nitrogen functional groups attached to an aromatic ring is 1. The normalized spacial score (nSPS) is 10.6. The van der Waals surface area contributed by atoms with Gasteiger partial charge in [-0.2, -0.15) is 0 Å². The maximum atomic E-state index is 5.89. The molecule has 0 saturated carbocycles. The second-order valence-corrected chi connectivity index (χ2v) is 4.88. The maximum absolute atomic E-state index is 5.89. The molecule has 0 fully saturated rings. The molecular formula is C14H16BrN3O2. The number of halogens is 1. The molecule has 0 aliphatic heterocycles. The summed E-state index contributed by atoms with van der Waals surface area (Å²) < 4.78 is 11.2. The van der Waals surface area contributed by atoms with E-state index in [1.165, 1.54) is 0 Å². The Labute approximate surface area is 126 Å². The molecule has 0 bridgehead atoms. The molecule has 0 atom stereocenters. The van der Waals surface area contributed by atoms with E-state index in [4.69, 9.17) is 15.2 Å². The van der Waals surface area contributed by atoms with Crippen molar-refractivity contribution in [1.29, 1.82) is 0 Å². The number of methoxy groups -OCH3 is 1. The fourth-order valence-electron chi connectivity index (χ4n) is 1.74. The van der Waals surface area contributed by atoms with E-state index in [2.05, 4.69) is 25.9 Å². The summed E-state index contributed by atoms with van der Waals surface area (Å²) in [6.45, 7) is 2.96. The minimum absolute atomic E-state index is 0.372. The smallest absolute Gasteiger partial charge is 0.161 e. The second-order valence-electron chi connectivity index (χ2n) is 4.08. The summed E-state index contributed by atoms with van der Waals surface area (Å²) in [7, 11) is 1.61. The third-order valence-electron chi connectivity index (χ3n) is 2.65. The van der Waals surface area contributed by atoms with Gasteiger partial charge in [-0.3, -0.25) is 0 Å². The van der Waals surface area contributed by atoms with Crippen molar-refractivity contribution in [1.82, 2.24) is 9.97 Å². The Hall–Kier alpha value is -1.66. The highest BCUT2D eigenvalue weighted by atomic mass is 79.9. The number of nitrogens with two attached hydrogens (primary N) is 1. The molecule has 5 nitrogen and oxygen atoms in total. The lowest BCUT2D eigenvalue weighted by molar-refractivity contribution is 0.181. The van der Waals surface area contributed by atoms with E-state index in [-0.39, 0.29) is 0 Å². The number of hydrogen-bond acceptors (Lipinski definition) is 5. The Balaban J connectivity index is 2.36. The summed E-state index contributed by atoms with van der Waals surface area (Å²) >= 11 is 3.37. The zero-order valence-corrected chi connectivity index (χ0v) is 13.0. The van der Waals surface area contributed by atoms with Crippen LogP contribution in [-0.2, 0) is 11.3 Å². The van der Waals surface area contributed by atoms with Gasteiger partial charge in [0, 0.05) is 12.7 Å². The molecule has 0 spiro atoms. The molecule has 20 heavy (non-hydrogen) atoms. The minimum Gasteiger partial charge on any atom is -0.494 e. The molecule has 0 amide bonds. The third kappa shape index (κ3) is 3.26. The monoisotopic (exact) mass is 337 g/mol. The average Bonchev–Trinajstić information content (AvgIpc) is 2.45. The van der Waals surface area contributed by atoms with Gasteiger partial charge in [0.05, 0.1) is 23.4 Å². The second kappa shape index (κ2) is 6.67. The topological polar surface area (TPSA) is 70.3 Å². The number of rotatable bonds is 5. The van der Waals surface area contributed by atoms with Crippen LogP contribution in [-0.4, -0.2) is 23.7 Å². The van der Waals surface area contributed by atoms with Crippen LogP contribution in [0.15, 0.2) is 28.7 Å². The van der Waals surface area contributed by atoms with Crippen molar-refractivity contribution < 1.29 is 9.47 Å². The summed E-state index contributed by atoms with van der Waals surface area (Å²) in [5, 5.41) is 0. The highest BCUT2D eigenvalue weighted by Gasteiger charge is 2.11. The summed E-state index contributed by atoms with van der Waals surface area (Å²) in [5.74, 6) is 1.79. The van der Waals surface area contributed by atoms with Crippen LogP contribution in [0.4, 0.5) is 5.82 Å². The Morgan fingerprint density at radius 2 is 1.90 bits per heavy atom. The number of nitrogens with zero attached hydrogens (tertiary/aromatic N) is 2.